The number of carbonyl (C=O) groups is 1. The van der Waals surface area contributed by atoms with Crippen LogP contribution in [0.4, 0.5) is 0 Å². The van der Waals surface area contributed by atoms with Gasteiger partial charge in [0.1, 0.15) is 0 Å². The Morgan fingerprint density at radius 3 is 3.08 bits per heavy atom. The number of ether oxygens (including phenoxy) is 1. The van der Waals surface area contributed by atoms with Crippen molar-refractivity contribution in [3.8, 4) is 0 Å². The highest BCUT2D eigenvalue weighted by Crippen LogP contribution is 2.33. The van der Waals surface area contributed by atoms with Crippen molar-refractivity contribution in [3.63, 3.8) is 0 Å². The van der Waals surface area contributed by atoms with Gasteiger partial charge in [-0.25, -0.2) is 4.98 Å². The number of hydrogen-bond donors (Lipinski definition) is 0. The average Bonchev–Trinajstić information content (AvgIpc) is 3.05. The van der Waals surface area contributed by atoms with E-state index in [1.54, 1.807) is 17.8 Å². The number of carbonyl (C=O) groups excluding carboxylic acids is 1. The molecule has 1 aromatic carbocycles. The van der Waals surface area contributed by atoms with Crippen LogP contribution in [0, 0.1) is 0 Å². The second-order valence-electron chi connectivity index (χ2n) is 6.15. The summed E-state index contributed by atoms with van der Waals surface area (Å²) in [5.41, 5.74) is 2.56. The van der Waals surface area contributed by atoms with Crippen LogP contribution in [-0.2, 0) is 11.2 Å². The Hall–Kier alpha value is -1.96. The Kier molecular flexibility index (Phi) is 4.93. The largest absolute Gasteiger partial charge is 0.384 e. The summed E-state index contributed by atoms with van der Waals surface area (Å²) in [7, 11) is 1.66. The molecule has 134 valence electrons. The third-order valence-electron chi connectivity index (χ3n) is 4.46. The molecule has 0 N–H and O–H groups in total. The molecule has 1 aliphatic carbocycles. The van der Waals surface area contributed by atoms with Crippen LogP contribution in [0.3, 0.4) is 0 Å². The van der Waals surface area contributed by atoms with Crippen LogP contribution in [0.1, 0.15) is 34.0 Å². The van der Waals surface area contributed by atoms with E-state index in [9.17, 15) is 4.79 Å². The van der Waals surface area contributed by atoms with Gasteiger partial charge in [-0.15, -0.1) is 5.10 Å². The quantitative estimate of drug-likeness (QED) is 0.492. The summed E-state index contributed by atoms with van der Waals surface area (Å²) in [6, 6.07) is 7.70. The molecule has 0 amide bonds. The molecule has 0 bridgehead atoms. The lowest BCUT2D eigenvalue weighted by atomic mass is 9.82. The molecule has 0 fully saturated rings. The summed E-state index contributed by atoms with van der Waals surface area (Å²) in [5.74, 6) is 1.44. The maximum absolute atomic E-state index is 12.7. The van der Waals surface area contributed by atoms with Gasteiger partial charge in [0, 0.05) is 30.5 Å². The summed E-state index contributed by atoms with van der Waals surface area (Å²) in [6.45, 7) is 0.626. The van der Waals surface area contributed by atoms with Crippen molar-refractivity contribution in [1.82, 2.24) is 19.6 Å². The van der Waals surface area contributed by atoms with E-state index in [4.69, 9.17) is 16.3 Å². The number of Topliss-reactive ketones (excluding diaryl/α,β-unsaturated/α-hetero) is 1. The first-order valence-electron chi connectivity index (χ1n) is 8.30. The maximum Gasteiger partial charge on any atom is 0.253 e. The summed E-state index contributed by atoms with van der Waals surface area (Å²) >= 11 is 7.63. The number of aromatic nitrogens is 4. The van der Waals surface area contributed by atoms with E-state index < -0.39 is 0 Å². The predicted octanol–water partition coefficient (Wildman–Crippen LogP) is 3.43. The van der Waals surface area contributed by atoms with Crippen molar-refractivity contribution in [2.75, 3.05) is 19.5 Å². The number of nitrogens with zero attached hydrogens (tertiary/aromatic N) is 4. The van der Waals surface area contributed by atoms with Crippen molar-refractivity contribution in [2.45, 2.75) is 23.9 Å². The molecular weight excluding hydrogens is 372 g/mol. The summed E-state index contributed by atoms with van der Waals surface area (Å²) in [6.07, 6.45) is 2.77. The lowest BCUT2D eigenvalue weighted by molar-refractivity contribution is 0.0962. The van der Waals surface area contributed by atoms with Crippen LogP contribution >= 0.6 is 23.4 Å². The van der Waals surface area contributed by atoms with Crippen molar-refractivity contribution in [2.24, 2.45) is 0 Å². The summed E-state index contributed by atoms with van der Waals surface area (Å²) in [4.78, 5) is 21.4. The number of ketones is 1. The fourth-order valence-corrected chi connectivity index (χ4v) is 4.12. The van der Waals surface area contributed by atoms with E-state index in [1.807, 2.05) is 24.3 Å². The molecule has 8 heteroatoms. The molecule has 4 rings (SSSR count). The Bertz CT molecular complexity index is 975. The number of fused-ring (bicyclic) bond motifs is 3. The van der Waals surface area contributed by atoms with E-state index in [-0.39, 0.29) is 11.7 Å². The van der Waals surface area contributed by atoms with E-state index in [0.29, 0.717) is 41.0 Å². The van der Waals surface area contributed by atoms with Gasteiger partial charge in [0.2, 0.25) is 5.16 Å². The lowest BCUT2D eigenvalue weighted by Crippen LogP contribution is -2.22. The van der Waals surface area contributed by atoms with Gasteiger partial charge < -0.3 is 4.74 Å². The third-order valence-corrected chi connectivity index (χ3v) is 5.49. The van der Waals surface area contributed by atoms with Gasteiger partial charge in [0.05, 0.1) is 17.9 Å². The zero-order valence-electron chi connectivity index (χ0n) is 14.2. The number of hydrogen-bond acceptors (Lipinski definition) is 6. The van der Waals surface area contributed by atoms with Crippen LogP contribution in [0.25, 0.3) is 5.78 Å². The molecule has 0 aliphatic heterocycles. The average molecular weight is 389 g/mol. The molecule has 2 aromatic heterocycles. The molecule has 1 atom stereocenters. The fraction of sp³-hybridized carbons (Fsp3) is 0.333. The Balaban J connectivity index is 1.70. The number of rotatable bonds is 5. The molecule has 0 spiro atoms. The highest BCUT2D eigenvalue weighted by molar-refractivity contribution is 7.99. The second-order valence-corrected chi connectivity index (χ2v) is 7.65. The van der Waals surface area contributed by atoms with Gasteiger partial charge >= 0.3 is 0 Å². The van der Waals surface area contributed by atoms with Gasteiger partial charge in [-0.3, -0.25) is 4.79 Å². The first kappa shape index (κ1) is 17.5. The molecule has 1 aliphatic rings. The second kappa shape index (κ2) is 7.34. The highest BCUT2D eigenvalue weighted by atomic mass is 35.5. The number of thioether (sulfide) groups is 1. The molecule has 2 heterocycles. The molecule has 6 nitrogen and oxygen atoms in total. The first-order valence-corrected chi connectivity index (χ1v) is 9.67. The Morgan fingerprint density at radius 2 is 2.27 bits per heavy atom. The van der Waals surface area contributed by atoms with Gasteiger partial charge in [-0.2, -0.15) is 9.50 Å². The zero-order valence-corrected chi connectivity index (χ0v) is 15.8. The van der Waals surface area contributed by atoms with E-state index in [1.165, 1.54) is 11.8 Å². The van der Waals surface area contributed by atoms with E-state index in [2.05, 4.69) is 15.1 Å². The molecule has 0 saturated heterocycles. The molecule has 0 radical (unpaired) electrons. The molecule has 26 heavy (non-hydrogen) atoms. The van der Waals surface area contributed by atoms with Crippen LogP contribution in [-0.4, -0.2) is 44.8 Å². The maximum atomic E-state index is 12.7. The SMILES string of the molecule is COCCSc1nc2ncc3c(n2n1)CC(c1cccc(Cl)c1)CC3=O. The van der Waals surface area contributed by atoms with Crippen molar-refractivity contribution >= 4 is 34.9 Å². The zero-order chi connectivity index (χ0) is 18.1. The number of methoxy groups -OCH3 is 1. The Morgan fingerprint density at radius 1 is 1.38 bits per heavy atom. The summed E-state index contributed by atoms with van der Waals surface area (Å²) < 4.78 is 6.77. The van der Waals surface area contributed by atoms with E-state index in [0.717, 1.165) is 17.0 Å². The number of halogens is 1. The fourth-order valence-electron chi connectivity index (χ4n) is 3.20. The minimum atomic E-state index is 0.0769. The van der Waals surface area contributed by atoms with Gasteiger partial charge in [-0.05, 0) is 30.0 Å². The van der Waals surface area contributed by atoms with Gasteiger partial charge in [-0.1, -0.05) is 35.5 Å². The minimum absolute atomic E-state index is 0.0769. The third kappa shape index (κ3) is 3.34. The smallest absolute Gasteiger partial charge is 0.253 e. The monoisotopic (exact) mass is 388 g/mol. The van der Waals surface area contributed by atoms with Crippen LogP contribution < -0.4 is 0 Å². The Labute approximate surface area is 159 Å². The van der Waals surface area contributed by atoms with Gasteiger partial charge in [0.15, 0.2) is 5.78 Å². The first-order chi connectivity index (χ1) is 12.7. The predicted molar refractivity (Wildman–Crippen MR) is 100 cm³/mol. The highest BCUT2D eigenvalue weighted by Gasteiger charge is 2.29. The van der Waals surface area contributed by atoms with Gasteiger partial charge in [0.25, 0.3) is 5.78 Å². The van der Waals surface area contributed by atoms with E-state index >= 15 is 0 Å². The van der Waals surface area contributed by atoms with Crippen LogP contribution in [0.2, 0.25) is 5.02 Å². The summed E-state index contributed by atoms with van der Waals surface area (Å²) in [5, 5.41) is 5.87. The molecule has 3 aromatic rings. The minimum Gasteiger partial charge on any atom is -0.384 e. The molecule has 1 unspecified atom stereocenters. The normalized spacial score (nSPS) is 16.8. The number of benzene rings is 1. The van der Waals surface area contributed by atoms with Crippen molar-refractivity contribution in [1.29, 1.82) is 0 Å². The molecular formula is C18H17ClN4O2S. The van der Waals surface area contributed by atoms with Crippen molar-refractivity contribution < 1.29 is 9.53 Å². The topological polar surface area (TPSA) is 69.4 Å². The molecule has 0 saturated carbocycles. The van der Waals surface area contributed by atoms with Crippen molar-refractivity contribution in [3.05, 3.63) is 52.3 Å². The standard InChI is InChI=1S/C18H17ClN4O2S/c1-25-5-6-26-18-21-17-20-10-14-15(23(17)22-18)8-12(9-16(14)24)11-3-2-4-13(19)7-11/h2-4,7,10,12H,5-6,8-9H2,1H3. The lowest BCUT2D eigenvalue weighted by Gasteiger charge is -2.24. The van der Waals surface area contributed by atoms with Crippen LogP contribution in [0.5, 0.6) is 0 Å². The van der Waals surface area contributed by atoms with Crippen LogP contribution in [0.15, 0.2) is 35.6 Å².